The Bertz CT molecular complexity index is 1190. The maximum Gasteiger partial charge on any atom is 0.408 e. The Labute approximate surface area is 258 Å². The van der Waals surface area contributed by atoms with Crippen molar-refractivity contribution in [3.8, 4) is 0 Å². The molecule has 0 aliphatic carbocycles. The summed E-state index contributed by atoms with van der Waals surface area (Å²) in [5.74, 6) is -0.606. The van der Waals surface area contributed by atoms with Gasteiger partial charge in [0.15, 0.2) is 0 Å². The molecule has 3 amide bonds. The molecular formula is C34H51N3O4S. The summed E-state index contributed by atoms with van der Waals surface area (Å²) in [5, 5.41) is 5.84. The number of carbonyl (C=O) groups is 3. The first kappa shape index (κ1) is 35.2. The summed E-state index contributed by atoms with van der Waals surface area (Å²) >= 11 is 4.42. The van der Waals surface area contributed by atoms with E-state index in [9.17, 15) is 14.4 Å². The molecule has 0 aliphatic heterocycles. The molecule has 2 atom stereocenters. The summed E-state index contributed by atoms with van der Waals surface area (Å²) in [4.78, 5) is 42.9. The van der Waals surface area contributed by atoms with Crippen molar-refractivity contribution in [1.82, 2.24) is 10.2 Å². The molecule has 0 heterocycles. The highest BCUT2D eigenvalue weighted by Crippen LogP contribution is 2.30. The Morgan fingerprint density at radius 3 is 2.05 bits per heavy atom. The molecule has 2 rings (SSSR count). The molecule has 2 unspecified atom stereocenters. The molecule has 2 aromatic rings. The van der Waals surface area contributed by atoms with Crippen molar-refractivity contribution in [2.24, 2.45) is 0 Å². The third-order valence-electron chi connectivity index (χ3n) is 7.44. The third kappa shape index (κ3) is 10.4. The van der Waals surface area contributed by atoms with E-state index in [0.717, 1.165) is 65.6 Å². The van der Waals surface area contributed by atoms with E-state index in [1.54, 1.807) is 25.7 Å². The Morgan fingerprint density at radius 2 is 1.45 bits per heavy atom. The molecular weight excluding hydrogens is 546 g/mol. The van der Waals surface area contributed by atoms with Crippen molar-refractivity contribution >= 4 is 36.2 Å². The minimum absolute atomic E-state index is 0.0586. The monoisotopic (exact) mass is 597 g/mol. The first-order valence-electron chi connectivity index (χ1n) is 15.1. The van der Waals surface area contributed by atoms with Crippen molar-refractivity contribution in [1.29, 1.82) is 0 Å². The molecule has 42 heavy (non-hydrogen) atoms. The van der Waals surface area contributed by atoms with Crippen LogP contribution < -0.4 is 10.6 Å². The highest BCUT2D eigenvalue weighted by molar-refractivity contribution is 7.80. The number of amides is 3. The predicted octanol–water partition coefficient (Wildman–Crippen LogP) is 7.61. The van der Waals surface area contributed by atoms with Crippen LogP contribution in [0.2, 0.25) is 0 Å². The van der Waals surface area contributed by atoms with Crippen LogP contribution in [-0.2, 0) is 14.3 Å². The molecule has 0 fully saturated rings. The van der Waals surface area contributed by atoms with Crippen LogP contribution in [0.1, 0.15) is 100 Å². The van der Waals surface area contributed by atoms with Gasteiger partial charge in [0.1, 0.15) is 17.7 Å². The fraction of sp³-hybridized carbons (Fsp3) is 0.559. The molecule has 0 bridgehead atoms. The number of anilines is 1. The zero-order valence-corrected chi connectivity index (χ0v) is 27.7. The lowest BCUT2D eigenvalue weighted by molar-refractivity contribution is -0.140. The van der Waals surface area contributed by atoms with Gasteiger partial charge in [-0.25, -0.2) is 4.79 Å². The van der Waals surface area contributed by atoms with E-state index in [1.807, 2.05) is 64.1 Å². The van der Waals surface area contributed by atoms with Crippen LogP contribution in [-0.4, -0.2) is 46.7 Å². The lowest BCUT2D eigenvalue weighted by Gasteiger charge is -2.35. The minimum atomic E-state index is -0.969. The van der Waals surface area contributed by atoms with Crippen LogP contribution in [0.5, 0.6) is 0 Å². The largest absolute Gasteiger partial charge is 0.444 e. The van der Waals surface area contributed by atoms with Crippen molar-refractivity contribution < 1.29 is 19.1 Å². The van der Waals surface area contributed by atoms with Crippen molar-refractivity contribution in [2.45, 2.75) is 112 Å². The SMILES string of the molecule is CCCCCCCCN(C(=O)C(CS)NC(=O)OC(C)(C)C)C(C(=O)Nc1c(C)cccc1C)c1cccc(C)c1C. The van der Waals surface area contributed by atoms with Gasteiger partial charge in [0.05, 0.1) is 0 Å². The number of rotatable bonds is 14. The summed E-state index contributed by atoms with van der Waals surface area (Å²) in [6.45, 7) is 15.7. The normalized spacial score (nSPS) is 12.8. The maximum atomic E-state index is 14.3. The van der Waals surface area contributed by atoms with Gasteiger partial charge < -0.3 is 20.3 Å². The van der Waals surface area contributed by atoms with Gasteiger partial charge in [-0.05, 0) is 82.7 Å². The number of unbranched alkanes of at least 4 members (excludes halogenated alkanes) is 5. The number of hydrogen-bond donors (Lipinski definition) is 3. The predicted molar refractivity (Wildman–Crippen MR) is 175 cm³/mol. The molecule has 232 valence electrons. The van der Waals surface area contributed by atoms with Gasteiger partial charge >= 0.3 is 6.09 Å². The summed E-state index contributed by atoms with van der Waals surface area (Å²) in [7, 11) is 0. The molecule has 8 heteroatoms. The standard InChI is InChI=1S/C34H51N3O4S/c1-9-10-11-12-13-14-21-37(32(39)28(22-42)35-33(40)41-34(6,7)8)30(27-20-16-17-23(2)26(27)5)31(38)36-29-24(3)18-15-19-25(29)4/h15-20,28,30,42H,9-14,21-22H2,1-8H3,(H,35,40)(H,36,38). The average molecular weight is 598 g/mol. The summed E-state index contributed by atoms with van der Waals surface area (Å²) < 4.78 is 5.43. The van der Waals surface area contributed by atoms with Gasteiger partial charge in [0.25, 0.3) is 5.91 Å². The quantitative estimate of drug-likeness (QED) is 0.154. The highest BCUT2D eigenvalue weighted by Gasteiger charge is 2.36. The van der Waals surface area contributed by atoms with Gasteiger partial charge in [-0.1, -0.05) is 75.4 Å². The van der Waals surface area contributed by atoms with Gasteiger partial charge in [0, 0.05) is 18.0 Å². The zero-order chi connectivity index (χ0) is 31.4. The topological polar surface area (TPSA) is 87.7 Å². The van der Waals surface area contributed by atoms with E-state index in [-0.39, 0.29) is 17.6 Å². The highest BCUT2D eigenvalue weighted by atomic mass is 32.1. The van der Waals surface area contributed by atoms with E-state index >= 15 is 0 Å². The number of nitrogens with zero attached hydrogens (tertiary/aromatic N) is 1. The molecule has 0 saturated carbocycles. The van der Waals surface area contributed by atoms with Crippen LogP contribution in [0.25, 0.3) is 0 Å². The fourth-order valence-corrected chi connectivity index (χ4v) is 5.24. The number of hydrogen-bond acceptors (Lipinski definition) is 5. The van der Waals surface area contributed by atoms with Crippen molar-refractivity contribution in [3.05, 3.63) is 64.2 Å². The number of alkyl carbamates (subject to hydrolysis) is 1. The van der Waals surface area contributed by atoms with E-state index < -0.39 is 23.8 Å². The molecule has 2 N–H and O–H groups in total. The van der Waals surface area contributed by atoms with E-state index in [4.69, 9.17) is 4.74 Å². The van der Waals surface area contributed by atoms with Crippen LogP contribution >= 0.6 is 12.6 Å². The second kappa shape index (κ2) is 16.6. The van der Waals surface area contributed by atoms with E-state index in [2.05, 4.69) is 30.2 Å². The lowest BCUT2D eigenvalue weighted by atomic mass is 9.94. The summed E-state index contributed by atoms with van der Waals surface area (Å²) in [6.07, 6.45) is 5.50. The van der Waals surface area contributed by atoms with Crippen LogP contribution in [0.15, 0.2) is 36.4 Å². The van der Waals surface area contributed by atoms with Gasteiger partial charge in [0.2, 0.25) is 5.91 Å². The molecule has 0 saturated heterocycles. The number of nitrogens with one attached hydrogen (secondary N) is 2. The Kier molecular flexibility index (Phi) is 13.9. The average Bonchev–Trinajstić information content (AvgIpc) is 2.91. The maximum absolute atomic E-state index is 14.3. The fourth-order valence-electron chi connectivity index (χ4n) is 4.99. The Hall–Kier alpha value is -3.00. The van der Waals surface area contributed by atoms with Crippen LogP contribution in [0.3, 0.4) is 0 Å². The summed E-state index contributed by atoms with van der Waals surface area (Å²) in [5.41, 5.74) is 4.63. The van der Waals surface area contributed by atoms with Gasteiger partial charge in [-0.3, -0.25) is 9.59 Å². The second-order valence-electron chi connectivity index (χ2n) is 12.1. The minimum Gasteiger partial charge on any atom is -0.444 e. The molecule has 0 radical (unpaired) electrons. The lowest BCUT2D eigenvalue weighted by Crippen LogP contribution is -2.53. The van der Waals surface area contributed by atoms with Crippen LogP contribution in [0, 0.1) is 27.7 Å². The number of thiol groups is 1. The smallest absolute Gasteiger partial charge is 0.408 e. The molecule has 2 aromatic carbocycles. The molecule has 0 spiro atoms. The first-order chi connectivity index (χ1) is 19.8. The number of para-hydroxylation sites is 1. The van der Waals surface area contributed by atoms with Crippen molar-refractivity contribution in [2.75, 3.05) is 17.6 Å². The first-order valence-corrected chi connectivity index (χ1v) is 15.8. The van der Waals surface area contributed by atoms with Crippen molar-refractivity contribution in [3.63, 3.8) is 0 Å². The Morgan fingerprint density at radius 1 is 0.881 bits per heavy atom. The second-order valence-corrected chi connectivity index (χ2v) is 12.5. The van der Waals surface area contributed by atoms with Gasteiger partial charge in [-0.15, -0.1) is 0 Å². The third-order valence-corrected chi connectivity index (χ3v) is 7.80. The summed E-state index contributed by atoms with van der Waals surface area (Å²) in [6, 6.07) is 9.82. The number of aryl methyl sites for hydroxylation is 3. The Balaban J connectivity index is 2.55. The molecule has 7 nitrogen and oxygen atoms in total. The molecule has 0 aliphatic rings. The van der Waals surface area contributed by atoms with E-state index in [0.29, 0.717) is 6.54 Å². The zero-order valence-electron chi connectivity index (χ0n) is 26.8. The van der Waals surface area contributed by atoms with E-state index in [1.165, 1.54) is 6.42 Å². The number of carbonyl (C=O) groups excluding carboxylic acids is 3. The molecule has 0 aromatic heterocycles. The van der Waals surface area contributed by atoms with Crippen LogP contribution in [0.4, 0.5) is 10.5 Å². The number of benzene rings is 2. The number of ether oxygens (including phenoxy) is 1. The van der Waals surface area contributed by atoms with Gasteiger partial charge in [-0.2, -0.15) is 12.6 Å².